The van der Waals surface area contributed by atoms with Gasteiger partial charge in [-0.05, 0) is 12.5 Å². The van der Waals surface area contributed by atoms with E-state index in [2.05, 4.69) is 17.9 Å². The fraction of sp³-hybridized carbons (Fsp3) is 0.462. The molecule has 1 fully saturated rings. The Morgan fingerprint density at radius 2 is 2.29 bits per heavy atom. The molecule has 1 aromatic carbocycles. The average Bonchev–Trinajstić information content (AvgIpc) is 2.29. The van der Waals surface area contributed by atoms with E-state index in [1.807, 2.05) is 18.2 Å². The highest BCUT2D eigenvalue weighted by atomic mass is 32.1. The van der Waals surface area contributed by atoms with Crippen LogP contribution in [0.15, 0.2) is 24.3 Å². The maximum Gasteiger partial charge on any atom is 0.104 e. The third-order valence-corrected chi connectivity index (χ3v) is 3.22. The van der Waals surface area contributed by atoms with E-state index >= 15 is 0 Å². The molecule has 92 valence electrons. The van der Waals surface area contributed by atoms with Gasteiger partial charge in [0.05, 0.1) is 12.7 Å². The summed E-state index contributed by atoms with van der Waals surface area (Å²) in [7, 11) is 0. The molecule has 0 aromatic heterocycles. The van der Waals surface area contributed by atoms with Crippen molar-refractivity contribution in [1.82, 2.24) is 4.90 Å². The highest BCUT2D eigenvalue weighted by Gasteiger charge is 2.17. The van der Waals surface area contributed by atoms with Crippen molar-refractivity contribution in [2.24, 2.45) is 5.73 Å². The maximum absolute atomic E-state index is 5.74. The molecule has 1 aliphatic rings. The average molecular weight is 250 g/mol. The lowest BCUT2D eigenvalue weighted by Crippen LogP contribution is -2.40. The summed E-state index contributed by atoms with van der Waals surface area (Å²) in [6.07, 6.45) is 0.306. The van der Waals surface area contributed by atoms with Crippen LogP contribution >= 0.6 is 12.2 Å². The van der Waals surface area contributed by atoms with E-state index in [0.29, 0.717) is 11.1 Å². The van der Waals surface area contributed by atoms with Crippen LogP contribution in [0.1, 0.15) is 18.1 Å². The van der Waals surface area contributed by atoms with Crippen LogP contribution in [0.4, 0.5) is 0 Å². The van der Waals surface area contributed by atoms with Gasteiger partial charge in [0.1, 0.15) is 4.99 Å². The summed E-state index contributed by atoms with van der Waals surface area (Å²) in [5.74, 6) is 0. The summed E-state index contributed by atoms with van der Waals surface area (Å²) in [5, 5.41) is 0. The third kappa shape index (κ3) is 3.25. The number of nitrogens with zero attached hydrogens (tertiary/aromatic N) is 1. The molecule has 1 unspecified atom stereocenters. The van der Waals surface area contributed by atoms with Crippen LogP contribution in [0.2, 0.25) is 0 Å². The fourth-order valence-corrected chi connectivity index (χ4v) is 2.37. The SMILES string of the molecule is CC1CN(Cc2ccccc2C(N)=S)CCO1. The molecule has 17 heavy (non-hydrogen) atoms. The van der Waals surface area contributed by atoms with Gasteiger partial charge in [-0.25, -0.2) is 0 Å². The molecule has 3 nitrogen and oxygen atoms in total. The Hall–Kier alpha value is -0.970. The molecule has 4 heteroatoms. The minimum Gasteiger partial charge on any atom is -0.389 e. The first-order valence-electron chi connectivity index (χ1n) is 5.88. The number of thiocarbonyl (C=S) groups is 1. The van der Waals surface area contributed by atoms with Crippen molar-refractivity contribution in [3.8, 4) is 0 Å². The van der Waals surface area contributed by atoms with E-state index in [1.54, 1.807) is 0 Å². The van der Waals surface area contributed by atoms with Crippen LogP contribution in [0, 0.1) is 0 Å². The minimum absolute atomic E-state index is 0.306. The Morgan fingerprint density at radius 1 is 1.53 bits per heavy atom. The Bertz CT molecular complexity index is 408. The molecule has 0 radical (unpaired) electrons. The lowest BCUT2D eigenvalue weighted by molar-refractivity contribution is -0.0212. The molecule has 1 saturated heterocycles. The summed E-state index contributed by atoms with van der Waals surface area (Å²) >= 11 is 5.07. The van der Waals surface area contributed by atoms with Crippen LogP contribution < -0.4 is 5.73 Å². The van der Waals surface area contributed by atoms with E-state index in [-0.39, 0.29) is 0 Å². The topological polar surface area (TPSA) is 38.5 Å². The van der Waals surface area contributed by atoms with Crippen LogP contribution in [-0.4, -0.2) is 35.7 Å². The Kier molecular flexibility index (Phi) is 4.10. The number of nitrogens with two attached hydrogens (primary N) is 1. The first kappa shape index (κ1) is 12.5. The summed E-state index contributed by atoms with van der Waals surface area (Å²) in [6.45, 7) is 5.73. The molecule has 2 N–H and O–H groups in total. The lowest BCUT2D eigenvalue weighted by atomic mass is 10.1. The minimum atomic E-state index is 0.306. The molecule has 0 bridgehead atoms. The molecule has 0 aliphatic carbocycles. The van der Waals surface area contributed by atoms with Crippen molar-refractivity contribution in [3.05, 3.63) is 35.4 Å². The summed E-state index contributed by atoms with van der Waals surface area (Å²) in [5.41, 5.74) is 7.93. The summed E-state index contributed by atoms with van der Waals surface area (Å²) < 4.78 is 5.53. The zero-order valence-corrected chi connectivity index (χ0v) is 10.9. The van der Waals surface area contributed by atoms with Crippen molar-refractivity contribution < 1.29 is 4.74 Å². The smallest absolute Gasteiger partial charge is 0.104 e. The van der Waals surface area contributed by atoms with Gasteiger partial charge >= 0.3 is 0 Å². The highest BCUT2D eigenvalue weighted by molar-refractivity contribution is 7.80. The number of ether oxygens (including phenoxy) is 1. The predicted molar refractivity (Wildman–Crippen MR) is 73.0 cm³/mol. The second-order valence-corrected chi connectivity index (χ2v) is 4.88. The molecule has 1 aromatic rings. The molecular formula is C13H18N2OS. The van der Waals surface area contributed by atoms with Gasteiger partial charge in [-0.2, -0.15) is 0 Å². The number of hydrogen-bond acceptors (Lipinski definition) is 3. The van der Waals surface area contributed by atoms with Gasteiger partial charge in [0, 0.05) is 25.2 Å². The van der Waals surface area contributed by atoms with Crippen molar-refractivity contribution >= 4 is 17.2 Å². The number of morpholine rings is 1. The first-order chi connectivity index (χ1) is 8.16. The number of hydrogen-bond donors (Lipinski definition) is 1. The summed E-state index contributed by atoms with van der Waals surface area (Å²) in [4.78, 5) is 2.85. The van der Waals surface area contributed by atoms with E-state index in [1.165, 1.54) is 5.56 Å². The van der Waals surface area contributed by atoms with Gasteiger partial charge in [-0.3, -0.25) is 4.90 Å². The third-order valence-electron chi connectivity index (χ3n) is 3.00. The Morgan fingerprint density at radius 3 is 3.00 bits per heavy atom. The normalized spacial score (nSPS) is 21.4. The maximum atomic E-state index is 5.74. The van der Waals surface area contributed by atoms with E-state index in [9.17, 15) is 0 Å². The van der Waals surface area contributed by atoms with Gasteiger partial charge in [0.15, 0.2) is 0 Å². The summed E-state index contributed by atoms with van der Waals surface area (Å²) in [6, 6.07) is 8.08. The van der Waals surface area contributed by atoms with E-state index < -0.39 is 0 Å². The molecule has 0 amide bonds. The van der Waals surface area contributed by atoms with Crippen LogP contribution in [-0.2, 0) is 11.3 Å². The molecule has 0 saturated carbocycles. The van der Waals surface area contributed by atoms with Crippen LogP contribution in [0.5, 0.6) is 0 Å². The molecule has 2 rings (SSSR count). The Labute approximate surface area is 108 Å². The van der Waals surface area contributed by atoms with Gasteiger partial charge in [-0.1, -0.05) is 36.5 Å². The number of rotatable bonds is 3. The zero-order valence-electron chi connectivity index (χ0n) is 10.1. The molecule has 0 spiro atoms. The lowest BCUT2D eigenvalue weighted by Gasteiger charge is -2.31. The van der Waals surface area contributed by atoms with E-state index in [4.69, 9.17) is 22.7 Å². The fourth-order valence-electron chi connectivity index (χ4n) is 2.17. The van der Waals surface area contributed by atoms with E-state index in [0.717, 1.165) is 31.8 Å². The van der Waals surface area contributed by atoms with Crippen LogP contribution in [0.3, 0.4) is 0 Å². The highest BCUT2D eigenvalue weighted by Crippen LogP contribution is 2.14. The van der Waals surface area contributed by atoms with Gasteiger partial charge in [-0.15, -0.1) is 0 Å². The number of benzene rings is 1. The largest absolute Gasteiger partial charge is 0.389 e. The second kappa shape index (κ2) is 5.58. The second-order valence-electron chi connectivity index (χ2n) is 4.44. The van der Waals surface area contributed by atoms with Crippen molar-refractivity contribution in [2.75, 3.05) is 19.7 Å². The van der Waals surface area contributed by atoms with Crippen molar-refractivity contribution in [3.63, 3.8) is 0 Å². The zero-order chi connectivity index (χ0) is 12.3. The Balaban J connectivity index is 2.10. The van der Waals surface area contributed by atoms with Gasteiger partial charge in [0.2, 0.25) is 0 Å². The van der Waals surface area contributed by atoms with Crippen LogP contribution in [0.25, 0.3) is 0 Å². The van der Waals surface area contributed by atoms with Gasteiger partial charge in [0.25, 0.3) is 0 Å². The molecular weight excluding hydrogens is 232 g/mol. The first-order valence-corrected chi connectivity index (χ1v) is 6.29. The van der Waals surface area contributed by atoms with Gasteiger partial charge < -0.3 is 10.5 Å². The quantitative estimate of drug-likeness (QED) is 0.826. The standard InChI is InChI=1S/C13H18N2OS/c1-10-8-15(6-7-16-10)9-11-4-2-3-5-12(11)13(14)17/h2-5,10H,6-9H2,1H3,(H2,14,17). The predicted octanol–water partition coefficient (Wildman–Crippen LogP) is 1.54. The van der Waals surface area contributed by atoms with Crippen molar-refractivity contribution in [1.29, 1.82) is 0 Å². The van der Waals surface area contributed by atoms with Crippen molar-refractivity contribution in [2.45, 2.75) is 19.6 Å². The molecule has 1 atom stereocenters. The monoisotopic (exact) mass is 250 g/mol. The molecule has 1 heterocycles. The molecule has 1 aliphatic heterocycles.